The number of hydrogen-bond acceptors (Lipinski definition) is 4. The zero-order valence-electron chi connectivity index (χ0n) is 12.6. The van der Waals surface area contributed by atoms with Gasteiger partial charge in [0.1, 0.15) is 6.10 Å². The lowest BCUT2D eigenvalue weighted by Gasteiger charge is -2.32. The zero-order valence-corrected chi connectivity index (χ0v) is 12.6. The van der Waals surface area contributed by atoms with Gasteiger partial charge in [0.25, 0.3) is 5.91 Å². The molecule has 1 atom stereocenters. The summed E-state index contributed by atoms with van der Waals surface area (Å²) in [6, 6.07) is 11.3. The molecular formula is C17H19N3O2. The second kappa shape index (κ2) is 6.56. The number of ether oxygens (including phenoxy) is 1. The zero-order chi connectivity index (χ0) is 15.4. The molecule has 0 spiro atoms. The molecule has 1 saturated heterocycles. The molecule has 1 amide bonds. The predicted octanol–water partition coefficient (Wildman–Crippen LogP) is 2.47. The van der Waals surface area contributed by atoms with Crippen LogP contribution >= 0.6 is 0 Å². The minimum Gasteiger partial charge on any atom is -0.471 e. The summed E-state index contributed by atoms with van der Waals surface area (Å²) >= 11 is 0. The van der Waals surface area contributed by atoms with Crippen LogP contribution in [-0.4, -0.2) is 40.2 Å². The molecule has 1 aliphatic rings. The summed E-state index contributed by atoms with van der Waals surface area (Å²) in [5.41, 5.74) is 1.77. The Bertz CT molecular complexity index is 645. The molecule has 0 radical (unpaired) electrons. The first-order chi connectivity index (χ1) is 10.7. The summed E-state index contributed by atoms with van der Waals surface area (Å²) in [5.74, 6) is 0.586. The molecule has 0 bridgehead atoms. The molecular weight excluding hydrogens is 278 g/mol. The Labute approximate surface area is 129 Å². The molecule has 5 heteroatoms. The van der Waals surface area contributed by atoms with Crippen LogP contribution in [0, 0.1) is 6.92 Å². The van der Waals surface area contributed by atoms with Crippen molar-refractivity contribution in [3.8, 4) is 5.88 Å². The number of carbonyl (C=O) groups excluding carboxylic acids is 1. The number of hydrogen-bond donors (Lipinski definition) is 0. The number of rotatable bonds is 3. The van der Waals surface area contributed by atoms with Gasteiger partial charge in [-0.1, -0.05) is 18.2 Å². The monoisotopic (exact) mass is 297 g/mol. The van der Waals surface area contributed by atoms with E-state index in [0.717, 1.165) is 30.5 Å². The fourth-order valence-corrected chi connectivity index (χ4v) is 2.72. The summed E-state index contributed by atoms with van der Waals surface area (Å²) in [4.78, 5) is 14.5. The van der Waals surface area contributed by atoms with Crippen molar-refractivity contribution in [3.63, 3.8) is 0 Å². The first-order valence-electron chi connectivity index (χ1n) is 7.53. The summed E-state index contributed by atoms with van der Waals surface area (Å²) < 4.78 is 5.83. The van der Waals surface area contributed by atoms with Gasteiger partial charge in [0.2, 0.25) is 5.88 Å². The normalized spacial score (nSPS) is 18.0. The molecule has 0 aliphatic carbocycles. The quantitative estimate of drug-likeness (QED) is 0.873. The number of aryl methyl sites for hydroxylation is 1. The number of nitrogens with zero attached hydrogens (tertiary/aromatic N) is 3. The lowest BCUT2D eigenvalue weighted by molar-refractivity contribution is 0.0525. The van der Waals surface area contributed by atoms with Crippen LogP contribution in [0.5, 0.6) is 5.88 Å². The molecule has 1 fully saturated rings. The third-order valence-electron chi connectivity index (χ3n) is 3.88. The van der Waals surface area contributed by atoms with E-state index in [1.54, 1.807) is 18.3 Å². The SMILES string of the molecule is Cc1ccccc1C(=O)N1CCCC(Oc2cccnn2)C1. The Hall–Kier alpha value is -2.43. The Balaban J connectivity index is 1.68. The highest BCUT2D eigenvalue weighted by Crippen LogP contribution is 2.19. The number of aromatic nitrogens is 2. The topological polar surface area (TPSA) is 55.3 Å². The smallest absolute Gasteiger partial charge is 0.254 e. The maximum atomic E-state index is 12.7. The van der Waals surface area contributed by atoms with Crippen LogP contribution in [0.4, 0.5) is 0 Å². The first kappa shape index (κ1) is 14.5. The molecule has 5 nitrogen and oxygen atoms in total. The molecule has 1 aromatic carbocycles. The van der Waals surface area contributed by atoms with Crippen LogP contribution in [0.15, 0.2) is 42.6 Å². The first-order valence-corrected chi connectivity index (χ1v) is 7.53. The van der Waals surface area contributed by atoms with Gasteiger partial charge in [-0.05, 0) is 37.5 Å². The van der Waals surface area contributed by atoms with Crippen LogP contribution in [0.25, 0.3) is 0 Å². The van der Waals surface area contributed by atoms with Crippen LogP contribution < -0.4 is 4.74 Å². The standard InChI is InChI=1S/C17H19N3O2/c1-13-6-2-3-8-15(13)17(21)20-11-5-7-14(12-20)22-16-9-4-10-18-19-16/h2-4,6,8-10,14H,5,7,11-12H2,1H3. The van der Waals surface area contributed by atoms with Crippen molar-refractivity contribution in [2.24, 2.45) is 0 Å². The van der Waals surface area contributed by atoms with Crippen molar-refractivity contribution in [2.45, 2.75) is 25.9 Å². The van der Waals surface area contributed by atoms with Gasteiger partial charge in [-0.2, -0.15) is 5.10 Å². The largest absolute Gasteiger partial charge is 0.471 e. The van der Waals surface area contributed by atoms with E-state index in [-0.39, 0.29) is 12.0 Å². The fraction of sp³-hybridized carbons (Fsp3) is 0.353. The van der Waals surface area contributed by atoms with E-state index >= 15 is 0 Å². The lowest BCUT2D eigenvalue weighted by Crippen LogP contribution is -2.44. The maximum absolute atomic E-state index is 12.7. The van der Waals surface area contributed by atoms with E-state index < -0.39 is 0 Å². The van der Waals surface area contributed by atoms with E-state index in [1.165, 1.54) is 0 Å². The Morgan fingerprint density at radius 1 is 1.27 bits per heavy atom. The van der Waals surface area contributed by atoms with Crippen LogP contribution in [0.1, 0.15) is 28.8 Å². The van der Waals surface area contributed by atoms with Crippen LogP contribution in [-0.2, 0) is 0 Å². The number of likely N-dealkylation sites (tertiary alicyclic amines) is 1. The van der Waals surface area contributed by atoms with Crippen molar-refractivity contribution in [2.75, 3.05) is 13.1 Å². The average molecular weight is 297 g/mol. The van der Waals surface area contributed by atoms with Gasteiger partial charge in [-0.3, -0.25) is 4.79 Å². The molecule has 22 heavy (non-hydrogen) atoms. The van der Waals surface area contributed by atoms with Crippen LogP contribution in [0.2, 0.25) is 0 Å². The Kier molecular flexibility index (Phi) is 4.32. The maximum Gasteiger partial charge on any atom is 0.254 e. The highest BCUT2D eigenvalue weighted by atomic mass is 16.5. The van der Waals surface area contributed by atoms with Gasteiger partial charge in [-0.25, -0.2) is 0 Å². The molecule has 3 rings (SSSR count). The van der Waals surface area contributed by atoms with Crippen molar-refractivity contribution in [1.29, 1.82) is 0 Å². The van der Waals surface area contributed by atoms with Gasteiger partial charge < -0.3 is 9.64 Å². The van der Waals surface area contributed by atoms with Crippen LogP contribution in [0.3, 0.4) is 0 Å². The highest BCUT2D eigenvalue weighted by Gasteiger charge is 2.26. The van der Waals surface area contributed by atoms with Crippen molar-refractivity contribution in [1.82, 2.24) is 15.1 Å². The second-order valence-corrected chi connectivity index (χ2v) is 5.51. The molecule has 1 unspecified atom stereocenters. The Morgan fingerprint density at radius 2 is 2.14 bits per heavy atom. The van der Waals surface area contributed by atoms with Gasteiger partial charge in [0.15, 0.2) is 0 Å². The van der Waals surface area contributed by atoms with E-state index in [4.69, 9.17) is 4.74 Å². The van der Waals surface area contributed by atoms with E-state index in [2.05, 4.69) is 10.2 Å². The predicted molar refractivity (Wildman–Crippen MR) is 82.8 cm³/mol. The molecule has 0 saturated carbocycles. The molecule has 2 heterocycles. The lowest BCUT2D eigenvalue weighted by atomic mass is 10.0. The number of amides is 1. The third kappa shape index (κ3) is 3.24. The second-order valence-electron chi connectivity index (χ2n) is 5.51. The summed E-state index contributed by atoms with van der Waals surface area (Å²) in [6.45, 7) is 3.32. The summed E-state index contributed by atoms with van der Waals surface area (Å²) in [5, 5.41) is 7.75. The molecule has 0 N–H and O–H groups in total. The van der Waals surface area contributed by atoms with Gasteiger partial charge in [-0.15, -0.1) is 5.10 Å². The highest BCUT2D eigenvalue weighted by molar-refractivity contribution is 5.95. The van der Waals surface area contributed by atoms with E-state index in [9.17, 15) is 4.79 Å². The number of benzene rings is 1. The van der Waals surface area contributed by atoms with Crippen molar-refractivity contribution >= 4 is 5.91 Å². The minimum atomic E-state index is -0.0292. The molecule has 1 aromatic heterocycles. The molecule has 1 aliphatic heterocycles. The molecule has 2 aromatic rings. The summed E-state index contributed by atoms with van der Waals surface area (Å²) in [7, 11) is 0. The Morgan fingerprint density at radius 3 is 2.91 bits per heavy atom. The van der Waals surface area contributed by atoms with Gasteiger partial charge in [0.05, 0.1) is 6.54 Å². The van der Waals surface area contributed by atoms with Gasteiger partial charge >= 0.3 is 0 Å². The molecule has 114 valence electrons. The van der Waals surface area contributed by atoms with Crippen molar-refractivity contribution in [3.05, 3.63) is 53.7 Å². The fourth-order valence-electron chi connectivity index (χ4n) is 2.72. The van der Waals surface area contributed by atoms with E-state index in [1.807, 2.05) is 36.1 Å². The average Bonchev–Trinajstić information content (AvgIpc) is 2.56. The summed E-state index contributed by atoms with van der Waals surface area (Å²) in [6.07, 6.45) is 3.44. The van der Waals surface area contributed by atoms with E-state index in [0.29, 0.717) is 12.4 Å². The van der Waals surface area contributed by atoms with Gasteiger partial charge in [0, 0.05) is 24.4 Å². The minimum absolute atomic E-state index is 0.0292. The third-order valence-corrected chi connectivity index (χ3v) is 3.88. The van der Waals surface area contributed by atoms with Crippen molar-refractivity contribution < 1.29 is 9.53 Å². The number of piperidine rings is 1. The number of carbonyl (C=O) groups is 1.